The Morgan fingerprint density at radius 1 is 1.22 bits per heavy atom. The predicted molar refractivity (Wildman–Crippen MR) is 133 cm³/mol. The van der Waals surface area contributed by atoms with Crippen molar-refractivity contribution in [1.82, 2.24) is 14.9 Å². The molecule has 2 N–H and O–H groups in total. The molecule has 198 valence electrons. The van der Waals surface area contributed by atoms with Gasteiger partial charge in [-0.1, -0.05) is 56.0 Å². The average molecular weight is 513 g/mol. The molecular weight excluding hydrogens is 479 g/mol. The standard InChI is InChI=1S/C27H33FN4O5/c28-22-14-24(34)25(29-15-22)30-26(35)23-11-6-12-32(23)27(36)21(13-19-7-4-5-8-19)16-31(18-33)37-17-20-9-2-1-3-10-20/h1-3,9-10,14-15,18-19,21,23,34H,4-8,11-13,16-17H2,(H,29,30,35). The minimum absolute atomic E-state index is 0.0941. The number of halogens is 1. The molecule has 10 heteroatoms. The highest BCUT2D eigenvalue weighted by Crippen LogP contribution is 2.33. The van der Waals surface area contributed by atoms with E-state index in [0.29, 0.717) is 38.1 Å². The fourth-order valence-corrected chi connectivity index (χ4v) is 5.24. The number of carbonyl (C=O) groups is 3. The highest BCUT2D eigenvalue weighted by atomic mass is 19.1. The molecule has 2 unspecified atom stereocenters. The summed E-state index contributed by atoms with van der Waals surface area (Å²) in [5.74, 6) is -2.20. The minimum atomic E-state index is -0.750. The van der Waals surface area contributed by atoms with E-state index in [1.807, 2.05) is 30.3 Å². The Hall–Kier alpha value is -3.53. The number of rotatable bonds is 11. The molecule has 1 aromatic carbocycles. The number of hydrogen-bond acceptors (Lipinski definition) is 6. The summed E-state index contributed by atoms with van der Waals surface area (Å²) < 4.78 is 13.3. The number of aromatic nitrogens is 1. The van der Waals surface area contributed by atoms with Crippen molar-refractivity contribution in [2.75, 3.05) is 18.4 Å². The highest BCUT2D eigenvalue weighted by molar-refractivity contribution is 5.98. The summed E-state index contributed by atoms with van der Waals surface area (Å²) in [7, 11) is 0. The van der Waals surface area contributed by atoms with Gasteiger partial charge in [0.25, 0.3) is 0 Å². The zero-order chi connectivity index (χ0) is 26.2. The van der Waals surface area contributed by atoms with E-state index in [0.717, 1.165) is 43.5 Å². The molecule has 2 atom stereocenters. The van der Waals surface area contributed by atoms with Crippen LogP contribution in [0, 0.1) is 17.7 Å². The summed E-state index contributed by atoms with van der Waals surface area (Å²) in [6, 6.07) is 9.57. The van der Waals surface area contributed by atoms with Crippen LogP contribution in [0.3, 0.4) is 0 Å². The summed E-state index contributed by atoms with van der Waals surface area (Å²) in [5, 5.41) is 13.6. The summed E-state index contributed by atoms with van der Waals surface area (Å²) >= 11 is 0. The number of aromatic hydroxyl groups is 1. The number of likely N-dealkylation sites (tertiary alicyclic amines) is 1. The maximum atomic E-state index is 13.8. The summed E-state index contributed by atoms with van der Waals surface area (Å²) in [5.41, 5.74) is 0.905. The van der Waals surface area contributed by atoms with Crippen molar-refractivity contribution in [2.45, 2.75) is 57.6 Å². The summed E-state index contributed by atoms with van der Waals surface area (Å²) in [6.45, 7) is 0.705. The number of nitrogens with zero attached hydrogens (tertiary/aromatic N) is 3. The van der Waals surface area contributed by atoms with Crippen LogP contribution in [0.1, 0.15) is 50.5 Å². The fourth-order valence-electron chi connectivity index (χ4n) is 5.24. The van der Waals surface area contributed by atoms with Crippen LogP contribution in [0.15, 0.2) is 42.6 Å². The Kier molecular flexibility index (Phi) is 9.05. The molecule has 1 aromatic heterocycles. The van der Waals surface area contributed by atoms with Crippen LogP contribution in [0.25, 0.3) is 0 Å². The van der Waals surface area contributed by atoms with Gasteiger partial charge in [0.05, 0.1) is 18.7 Å². The lowest BCUT2D eigenvalue weighted by atomic mass is 9.91. The molecule has 0 radical (unpaired) electrons. The lowest BCUT2D eigenvalue weighted by Gasteiger charge is -2.31. The third kappa shape index (κ3) is 7.03. The first-order chi connectivity index (χ1) is 17.9. The van der Waals surface area contributed by atoms with Gasteiger partial charge in [0.2, 0.25) is 18.2 Å². The molecule has 1 saturated heterocycles. The van der Waals surface area contributed by atoms with E-state index in [9.17, 15) is 23.9 Å². The zero-order valence-corrected chi connectivity index (χ0v) is 20.7. The van der Waals surface area contributed by atoms with Crippen molar-refractivity contribution >= 4 is 24.0 Å². The normalized spacial score (nSPS) is 18.5. The van der Waals surface area contributed by atoms with Crippen LogP contribution in [-0.2, 0) is 25.8 Å². The first kappa shape index (κ1) is 26.5. The molecule has 0 bridgehead atoms. The van der Waals surface area contributed by atoms with Crippen molar-refractivity contribution in [3.05, 3.63) is 54.0 Å². The van der Waals surface area contributed by atoms with Gasteiger partial charge >= 0.3 is 0 Å². The molecule has 1 aliphatic heterocycles. The maximum absolute atomic E-state index is 13.8. The van der Waals surface area contributed by atoms with Crippen LogP contribution in [0.5, 0.6) is 5.75 Å². The molecule has 9 nitrogen and oxygen atoms in total. The van der Waals surface area contributed by atoms with E-state index >= 15 is 0 Å². The van der Waals surface area contributed by atoms with E-state index in [1.165, 1.54) is 5.06 Å². The molecular formula is C27H33FN4O5. The Bertz CT molecular complexity index is 1080. The van der Waals surface area contributed by atoms with E-state index in [1.54, 1.807) is 4.90 Å². The third-order valence-electron chi connectivity index (χ3n) is 7.11. The molecule has 1 aliphatic carbocycles. The number of hydroxylamine groups is 2. The van der Waals surface area contributed by atoms with Gasteiger partial charge in [0.15, 0.2) is 11.6 Å². The van der Waals surface area contributed by atoms with E-state index in [4.69, 9.17) is 4.84 Å². The van der Waals surface area contributed by atoms with Crippen molar-refractivity contribution in [1.29, 1.82) is 0 Å². The van der Waals surface area contributed by atoms with Gasteiger partial charge in [-0.25, -0.2) is 14.4 Å². The van der Waals surface area contributed by atoms with Gasteiger partial charge < -0.3 is 15.3 Å². The van der Waals surface area contributed by atoms with Crippen LogP contribution in [0.4, 0.5) is 10.2 Å². The van der Waals surface area contributed by atoms with Gasteiger partial charge in [-0.3, -0.25) is 19.2 Å². The minimum Gasteiger partial charge on any atom is -0.504 e. The van der Waals surface area contributed by atoms with Gasteiger partial charge in [-0.05, 0) is 30.7 Å². The first-order valence-corrected chi connectivity index (χ1v) is 12.8. The van der Waals surface area contributed by atoms with Crippen molar-refractivity contribution < 1.29 is 28.7 Å². The monoisotopic (exact) mass is 512 g/mol. The summed E-state index contributed by atoms with van der Waals surface area (Å²) in [6.07, 6.45) is 7.52. The fraction of sp³-hybridized carbons (Fsp3) is 0.481. The second-order valence-electron chi connectivity index (χ2n) is 9.75. The Morgan fingerprint density at radius 3 is 2.68 bits per heavy atom. The maximum Gasteiger partial charge on any atom is 0.248 e. The molecule has 4 rings (SSSR count). The number of hydrogen-bond donors (Lipinski definition) is 2. The molecule has 1 saturated carbocycles. The number of pyridine rings is 1. The number of amides is 3. The van der Waals surface area contributed by atoms with E-state index in [-0.39, 0.29) is 24.9 Å². The topological polar surface area (TPSA) is 112 Å². The molecule has 2 aromatic rings. The zero-order valence-electron chi connectivity index (χ0n) is 20.7. The third-order valence-corrected chi connectivity index (χ3v) is 7.11. The number of anilines is 1. The largest absolute Gasteiger partial charge is 0.504 e. The van der Waals surface area contributed by atoms with Crippen LogP contribution in [0.2, 0.25) is 0 Å². The molecule has 0 spiro atoms. The molecule has 2 heterocycles. The first-order valence-electron chi connectivity index (χ1n) is 12.8. The Morgan fingerprint density at radius 2 is 1.97 bits per heavy atom. The molecule has 2 fully saturated rings. The van der Waals surface area contributed by atoms with Crippen LogP contribution in [-0.4, -0.2) is 57.4 Å². The van der Waals surface area contributed by atoms with Crippen LogP contribution < -0.4 is 5.32 Å². The molecule has 3 amide bonds. The number of nitrogens with one attached hydrogen (secondary N) is 1. The number of carbonyl (C=O) groups excluding carboxylic acids is 3. The van der Waals surface area contributed by atoms with E-state index in [2.05, 4.69) is 10.3 Å². The predicted octanol–water partition coefficient (Wildman–Crippen LogP) is 3.64. The Balaban J connectivity index is 1.45. The average Bonchev–Trinajstić information content (AvgIpc) is 3.60. The lowest BCUT2D eigenvalue weighted by Crippen LogP contribution is -2.48. The highest BCUT2D eigenvalue weighted by Gasteiger charge is 2.39. The lowest BCUT2D eigenvalue weighted by molar-refractivity contribution is -0.183. The second kappa shape index (κ2) is 12.6. The van der Waals surface area contributed by atoms with Gasteiger partial charge in [-0.2, -0.15) is 0 Å². The van der Waals surface area contributed by atoms with Crippen molar-refractivity contribution in [2.24, 2.45) is 11.8 Å². The van der Waals surface area contributed by atoms with Gasteiger partial charge in [-0.15, -0.1) is 0 Å². The van der Waals surface area contributed by atoms with Gasteiger partial charge in [0, 0.05) is 12.6 Å². The number of benzene rings is 1. The van der Waals surface area contributed by atoms with Gasteiger partial charge in [0.1, 0.15) is 18.5 Å². The van der Waals surface area contributed by atoms with Crippen LogP contribution >= 0.6 is 0 Å². The quantitative estimate of drug-likeness (QED) is 0.351. The summed E-state index contributed by atoms with van der Waals surface area (Å²) in [4.78, 5) is 49.6. The van der Waals surface area contributed by atoms with E-state index < -0.39 is 29.4 Å². The Labute approximate surface area is 215 Å². The SMILES string of the molecule is O=CN(CC(CC1CCCC1)C(=O)N1CCCC1C(=O)Nc1ncc(F)cc1O)OCc1ccccc1. The molecule has 2 aliphatic rings. The smallest absolute Gasteiger partial charge is 0.248 e. The van der Waals surface area contributed by atoms with Crippen molar-refractivity contribution in [3.63, 3.8) is 0 Å². The second-order valence-corrected chi connectivity index (χ2v) is 9.75. The molecule has 37 heavy (non-hydrogen) atoms. The van der Waals surface area contributed by atoms with Crippen molar-refractivity contribution in [3.8, 4) is 5.75 Å².